The van der Waals surface area contributed by atoms with Crippen LogP contribution in [0.15, 0.2) is 57.5 Å². The average Bonchev–Trinajstić information content (AvgIpc) is 3.16. The molecular formula is C19H19BrN4O3. The second-order valence-electron chi connectivity index (χ2n) is 5.76. The van der Waals surface area contributed by atoms with Gasteiger partial charge in [-0.25, -0.2) is 4.79 Å². The summed E-state index contributed by atoms with van der Waals surface area (Å²) in [7, 11) is 1.57. The van der Waals surface area contributed by atoms with Crippen molar-refractivity contribution in [3.05, 3.63) is 58.8 Å². The second kappa shape index (κ2) is 8.68. The Bertz CT molecular complexity index is 929. The van der Waals surface area contributed by atoms with Gasteiger partial charge in [-0.15, -0.1) is 0 Å². The fraction of sp³-hybridized carbons (Fsp3) is 0.211. The van der Waals surface area contributed by atoms with Gasteiger partial charge in [0, 0.05) is 21.8 Å². The molecule has 2 aromatic carbocycles. The Morgan fingerprint density at radius 1 is 1.26 bits per heavy atom. The van der Waals surface area contributed by atoms with Crippen molar-refractivity contribution in [2.45, 2.75) is 19.4 Å². The lowest BCUT2D eigenvalue weighted by Crippen LogP contribution is -2.32. The number of anilines is 1. The summed E-state index contributed by atoms with van der Waals surface area (Å²) < 4.78 is 11.4. The number of amides is 2. The van der Waals surface area contributed by atoms with Gasteiger partial charge in [-0.2, -0.15) is 4.98 Å². The van der Waals surface area contributed by atoms with Crippen LogP contribution < -0.4 is 15.4 Å². The summed E-state index contributed by atoms with van der Waals surface area (Å²) in [4.78, 5) is 16.7. The molecule has 8 heteroatoms. The normalized spacial score (nSPS) is 11.7. The molecule has 3 aromatic rings. The highest BCUT2D eigenvalue weighted by Crippen LogP contribution is 2.24. The third-order valence-corrected chi connectivity index (χ3v) is 4.36. The molecule has 140 valence electrons. The van der Waals surface area contributed by atoms with Crippen molar-refractivity contribution in [1.29, 1.82) is 0 Å². The van der Waals surface area contributed by atoms with Crippen LogP contribution in [0.3, 0.4) is 0 Å². The molecule has 0 saturated heterocycles. The van der Waals surface area contributed by atoms with Crippen molar-refractivity contribution in [3.8, 4) is 17.2 Å². The van der Waals surface area contributed by atoms with Gasteiger partial charge < -0.3 is 19.9 Å². The molecule has 0 fully saturated rings. The quantitative estimate of drug-likeness (QED) is 0.587. The van der Waals surface area contributed by atoms with E-state index >= 15 is 0 Å². The highest BCUT2D eigenvalue weighted by atomic mass is 79.9. The van der Waals surface area contributed by atoms with Crippen molar-refractivity contribution in [3.63, 3.8) is 0 Å². The van der Waals surface area contributed by atoms with E-state index in [1.54, 1.807) is 31.4 Å². The number of hydrogen-bond acceptors (Lipinski definition) is 5. The highest BCUT2D eigenvalue weighted by Gasteiger charge is 2.20. The van der Waals surface area contributed by atoms with Crippen molar-refractivity contribution in [2.75, 3.05) is 12.4 Å². The van der Waals surface area contributed by atoms with Crippen LogP contribution in [0.4, 0.5) is 10.5 Å². The first kappa shape index (κ1) is 18.9. The van der Waals surface area contributed by atoms with Gasteiger partial charge in [-0.05, 0) is 36.8 Å². The predicted octanol–water partition coefficient (Wildman–Crippen LogP) is 4.78. The van der Waals surface area contributed by atoms with Gasteiger partial charge in [-0.1, -0.05) is 40.1 Å². The number of carbonyl (C=O) groups is 1. The maximum atomic E-state index is 12.3. The minimum Gasteiger partial charge on any atom is -0.497 e. The Balaban J connectivity index is 1.69. The molecule has 3 rings (SSSR count). The monoisotopic (exact) mass is 430 g/mol. The molecule has 0 aliphatic heterocycles. The van der Waals surface area contributed by atoms with Gasteiger partial charge in [0.25, 0.3) is 5.89 Å². The first-order valence-corrected chi connectivity index (χ1v) is 9.19. The number of urea groups is 1. The summed E-state index contributed by atoms with van der Waals surface area (Å²) in [6, 6.07) is 14.0. The topological polar surface area (TPSA) is 89.3 Å². The number of benzene rings is 2. The fourth-order valence-electron chi connectivity index (χ4n) is 2.49. The Morgan fingerprint density at radius 3 is 2.81 bits per heavy atom. The number of ether oxygens (including phenoxy) is 1. The van der Waals surface area contributed by atoms with E-state index in [9.17, 15) is 4.79 Å². The van der Waals surface area contributed by atoms with Crippen LogP contribution in [0, 0.1) is 0 Å². The van der Waals surface area contributed by atoms with E-state index in [0.29, 0.717) is 29.6 Å². The lowest BCUT2D eigenvalue weighted by molar-refractivity contribution is 0.247. The lowest BCUT2D eigenvalue weighted by atomic mass is 10.2. The van der Waals surface area contributed by atoms with Crippen LogP contribution in [0.25, 0.3) is 11.5 Å². The summed E-state index contributed by atoms with van der Waals surface area (Å²) in [6.45, 7) is 1.94. The third kappa shape index (κ3) is 4.85. The van der Waals surface area contributed by atoms with E-state index in [-0.39, 0.29) is 12.1 Å². The second-order valence-corrected chi connectivity index (χ2v) is 6.68. The molecule has 2 N–H and O–H groups in total. The number of methoxy groups -OCH3 is 1. The van der Waals surface area contributed by atoms with Crippen molar-refractivity contribution in [2.24, 2.45) is 0 Å². The average molecular weight is 431 g/mol. The fourth-order valence-corrected chi connectivity index (χ4v) is 2.89. The van der Waals surface area contributed by atoms with Gasteiger partial charge in [0.2, 0.25) is 0 Å². The molecular weight excluding hydrogens is 412 g/mol. The van der Waals surface area contributed by atoms with Crippen LogP contribution in [0.2, 0.25) is 0 Å². The molecule has 1 unspecified atom stereocenters. The van der Waals surface area contributed by atoms with Gasteiger partial charge in [0.1, 0.15) is 5.75 Å². The SMILES string of the molecule is CCC(NC(=O)Nc1cccc(OC)c1)c1noc(-c2cccc(Br)c2)n1. The maximum Gasteiger partial charge on any atom is 0.319 e. The molecule has 1 heterocycles. The van der Waals surface area contributed by atoms with Crippen LogP contribution in [0.5, 0.6) is 5.75 Å². The van der Waals surface area contributed by atoms with Crippen molar-refractivity contribution in [1.82, 2.24) is 15.5 Å². The molecule has 1 atom stereocenters. The minimum absolute atomic E-state index is 0.357. The molecule has 0 saturated carbocycles. The number of nitrogens with zero attached hydrogens (tertiary/aromatic N) is 2. The van der Waals surface area contributed by atoms with Crippen molar-refractivity contribution >= 4 is 27.6 Å². The van der Waals surface area contributed by atoms with E-state index in [2.05, 4.69) is 36.7 Å². The summed E-state index contributed by atoms with van der Waals surface area (Å²) in [6.07, 6.45) is 0.614. The van der Waals surface area contributed by atoms with Crippen LogP contribution in [-0.4, -0.2) is 23.3 Å². The Morgan fingerprint density at radius 2 is 2.07 bits per heavy atom. The first-order valence-electron chi connectivity index (χ1n) is 8.40. The zero-order valence-electron chi connectivity index (χ0n) is 14.9. The number of rotatable bonds is 6. The largest absolute Gasteiger partial charge is 0.497 e. The number of carbonyl (C=O) groups excluding carboxylic acids is 1. The highest BCUT2D eigenvalue weighted by molar-refractivity contribution is 9.10. The van der Waals surface area contributed by atoms with E-state index < -0.39 is 0 Å². The number of aromatic nitrogens is 2. The van der Waals surface area contributed by atoms with Gasteiger partial charge in [0.15, 0.2) is 5.82 Å². The van der Waals surface area contributed by atoms with E-state index in [1.807, 2.05) is 31.2 Å². The molecule has 0 aliphatic carbocycles. The first-order chi connectivity index (χ1) is 13.1. The van der Waals surface area contributed by atoms with Gasteiger partial charge in [0.05, 0.1) is 13.2 Å². The van der Waals surface area contributed by atoms with Gasteiger partial charge >= 0.3 is 6.03 Å². The lowest BCUT2D eigenvalue weighted by Gasteiger charge is -2.14. The Labute approximate surface area is 165 Å². The predicted molar refractivity (Wildman–Crippen MR) is 106 cm³/mol. The van der Waals surface area contributed by atoms with E-state index in [1.165, 1.54) is 0 Å². The smallest absolute Gasteiger partial charge is 0.319 e. The molecule has 0 bridgehead atoms. The summed E-state index contributed by atoms with van der Waals surface area (Å²) in [5, 5.41) is 9.65. The Kier molecular flexibility index (Phi) is 6.08. The minimum atomic E-state index is -0.375. The number of hydrogen-bond donors (Lipinski definition) is 2. The molecule has 0 aliphatic rings. The zero-order chi connectivity index (χ0) is 19.2. The molecule has 0 spiro atoms. The molecule has 7 nitrogen and oxygen atoms in total. The summed E-state index contributed by atoms with van der Waals surface area (Å²) >= 11 is 3.42. The molecule has 2 amide bonds. The van der Waals surface area contributed by atoms with Gasteiger partial charge in [-0.3, -0.25) is 0 Å². The molecule has 1 aromatic heterocycles. The van der Waals surface area contributed by atoms with E-state index in [0.717, 1.165) is 10.0 Å². The van der Waals surface area contributed by atoms with E-state index in [4.69, 9.17) is 9.26 Å². The number of halogens is 1. The Hall–Kier alpha value is -2.87. The summed E-state index contributed by atoms with van der Waals surface area (Å²) in [5.74, 6) is 1.49. The van der Waals surface area contributed by atoms with Crippen molar-refractivity contribution < 1.29 is 14.1 Å². The molecule has 27 heavy (non-hydrogen) atoms. The van der Waals surface area contributed by atoms with Crippen LogP contribution in [-0.2, 0) is 0 Å². The van der Waals surface area contributed by atoms with Crippen LogP contribution >= 0.6 is 15.9 Å². The maximum absolute atomic E-state index is 12.3. The summed E-state index contributed by atoms with van der Waals surface area (Å²) in [5.41, 5.74) is 1.43. The van der Waals surface area contributed by atoms with Crippen LogP contribution in [0.1, 0.15) is 25.2 Å². The number of nitrogens with one attached hydrogen (secondary N) is 2. The molecule has 0 radical (unpaired) electrons. The standard InChI is InChI=1S/C19H19BrN4O3/c1-3-16(22-19(25)21-14-8-5-9-15(11-14)26-2)17-23-18(27-24-17)12-6-4-7-13(20)10-12/h4-11,16H,3H2,1-2H3,(H2,21,22,25). The zero-order valence-corrected chi connectivity index (χ0v) is 16.5. The third-order valence-electron chi connectivity index (χ3n) is 3.87.